The molecule has 0 atom stereocenters. The molecule has 2 aromatic carbocycles. The van der Waals surface area contributed by atoms with E-state index in [0.717, 1.165) is 17.4 Å². The zero-order chi connectivity index (χ0) is 22.7. The quantitative estimate of drug-likeness (QED) is 0.291. The molecule has 11 heteroatoms. The van der Waals surface area contributed by atoms with Gasteiger partial charge in [-0.2, -0.15) is 0 Å². The molecule has 4 aromatic rings. The first kappa shape index (κ1) is 20.9. The van der Waals surface area contributed by atoms with Crippen LogP contribution in [0.1, 0.15) is 16.1 Å². The lowest BCUT2D eigenvalue weighted by molar-refractivity contribution is -0.383. The first-order valence-electron chi connectivity index (χ1n) is 9.37. The van der Waals surface area contributed by atoms with Crippen molar-refractivity contribution < 1.29 is 9.72 Å². The van der Waals surface area contributed by atoms with E-state index < -0.39 is 16.5 Å². The Labute approximate surface area is 186 Å². The third kappa shape index (κ3) is 4.40. The smallest absolute Gasteiger partial charge is 0.332 e. The van der Waals surface area contributed by atoms with E-state index in [1.807, 2.05) is 25.1 Å². The summed E-state index contributed by atoms with van der Waals surface area (Å²) < 4.78 is 0. The summed E-state index contributed by atoms with van der Waals surface area (Å²) in [5, 5.41) is 16.0. The van der Waals surface area contributed by atoms with Crippen molar-refractivity contribution in [3.8, 4) is 0 Å². The van der Waals surface area contributed by atoms with E-state index in [-0.39, 0.29) is 17.2 Å². The molecule has 0 spiro atoms. The largest absolute Gasteiger partial charge is 0.355 e. The van der Waals surface area contributed by atoms with Crippen LogP contribution in [-0.2, 0) is 0 Å². The third-order valence-electron chi connectivity index (χ3n) is 4.50. The van der Waals surface area contributed by atoms with E-state index in [4.69, 9.17) is 11.6 Å². The van der Waals surface area contributed by atoms with Crippen molar-refractivity contribution in [1.29, 1.82) is 0 Å². The minimum absolute atomic E-state index is 0.0553. The highest BCUT2D eigenvalue weighted by Crippen LogP contribution is 2.32. The summed E-state index contributed by atoms with van der Waals surface area (Å²) >= 11 is 5.90. The number of nitrogens with zero attached hydrogens (tertiary/aromatic N) is 4. The molecule has 32 heavy (non-hydrogen) atoms. The number of hydrogen-bond donors (Lipinski definition) is 3. The summed E-state index contributed by atoms with van der Waals surface area (Å²) in [7, 11) is 0. The number of carbonyl (C=O) groups is 1. The maximum Gasteiger partial charge on any atom is 0.355 e. The number of aromatic nitrogens is 3. The maximum atomic E-state index is 12.3. The number of para-hydroxylation sites is 1. The minimum Gasteiger partial charge on any atom is -0.332 e. The average Bonchev–Trinajstić information content (AvgIpc) is 2.77. The van der Waals surface area contributed by atoms with Crippen LogP contribution in [-0.4, -0.2) is 25.8 Å². The van der Waals surface area contributed by atoms with Crippen molar-refractivity contribution in [2.45, 2.75) is 6.92 Å². The minimum atomic E-state index is -0.639. The summed E-state index contributed by atoms with van der Waals surface area (Å²) in [6.07, 6.45) is 1.15. The Balaban J connectivity index is 1.64. The number of nitrogens with one attached hydrogen (secondary N) is 3. The van der Waals surface area contributed by atoms with Gasteiger partial charge in [-0.1, -0.05) is 35.9 Å². The highest BCUT2D eigenvalue weighted by molar-refractivity contribution is 6.31. The van der Waals surface area contributed by atoms with Gasteiger partial charge in [0.2, 0.25) is 11.6 Å². The fourth-order valence-electron chi connectivity index (χ4n) is 3.03. The summed E-state index contributed by atoms with van der Waals surface area (Å²) in [6.45, 7) is 1.86. The number of halogens is 1. The second kappa shape index (κ2) is 8.82. The van der Waals surface area contributed by atoms with E-state index >= 15 is 0 Å². The Morgan fingerprint density at radius 3 is 2.62 bits per heavy atom. The SMILES string of the molecule is Cc1ccc2cccc(Nc3ncnc(NNC(=O)c4cccc(Cl)c4)c3[N+](=O)[O-])c2n1. The van der Waals surface area contributed by atoms with Crippen LogP contribution in [0.5, 0.6) is 0 Å². The second-order valence-electron chi connectivity index (χ2n) is 6.72. The predicted octanol–water partition coefficient (Wildman–Crippen LogP) is 4.40. The van der Waals surface area contributed by atoms with Crippen LogP contribution in [0.4, 0.5) is 23.0 Å². The van der Waals surface area contributed by atoms with Crippen LogP contribution in [0.15, 0.2) is 60.9 Å². The molecule has 10 nitrogen and oxygen atoms in total. The number of hydrogen-bond acceptors (Lipinski definition) is 8. The fourth-order valence-corrected chi connectivity index (χ4v) is 3.22. The zero-order valence-corrected chi connectivity index (χ0v) is 17.4. The topological polar surface area (TPSA) is 135 Å². The highest BCUT2D eigenvalue weighted by Gasteiger charge is 2.24. The molecule has 160 valence electrons. The van der Waals surface area contributed by atoms with E-state index in [2.05, 4.69) is 31.1 Å². The summed E-state index contributed by atoms with van der Waals surface area (Å²) in [4.78, 5) is 35.9. The highest BCUT2D eigenvalue weighted by atomic mass is 35.5. The molecule has 0 aliphatic heterocycles. The molecule has 0 fully saturated rings. The first-order chi connectivity index (χ1) is 15.4. The monoisotopic (exact) mass is 449 g/mol. The number of nitro groups is 1. The van der Waals surface area contributed by atoms with Crippen LogP contribution >= 0.6 is 11.6 Å². The lowest BCUT2D eigenvalue weighted by Crippen LogP contribution is -2.30. The predicted molar refractivity (Wildman–Crippen MR) is 121 cm³/mol. The zero-order valence-electron chi connectivity index (χ0n) is 16.7. The molecule has 3 N–H and O–H groups in total. The first-order valence-corrected chi connectivity index (χ1v) is 9.75. The van der Waals surface area contributed by atoms with Gasteiger partial charge in [-0.05, 0) is 37.3 Å². The lowest BCUT2D eigenvalue weighted by Gasteiger charge is -2.12. The van der Waals surface area contributed by atoms with Gasteiger partial charge in [0.1, 0.15) is 6.33 Å². The van der Waals surface area contributed by atoms with E-state index in [1.54, 1.807) is 30.3 Å². The molecule has 0 aliphatic rings. The number of carbonyl (C=O) groups excluding carboxylic acids is 1. The standard InChI is InChI=1S/C21H16ClN7O3/c1-12-8-9-13-4-3-7-16(17(13)25-12)26-19-18(29(31)32)20(24-11-23-19)27-28-21(30)14-5-2-6-15(22)10-14/h2-11H,1H3,(H,28,30)(H2,23,24,26,27). The number of hydrazine groups is 1. The number of pyridine rings is 1. The van der Waals surface area contributed by atoms with Crippen LogP contribution < -0.4 is 16.2 Å². The average molecular weight is 450 g/mol. The van der Waals surface area contributed by atoms with Gasteiger partial charge in [0.05, 0.1) is 16.1 Å². The van der Waals surface area contributed by atoms with Gasteiger partial charge >= 0.3 is 5.69 Å². The molecule has 0 saturated heterocycles. The number of amides is 1. The van der Waals surface area contributed by atoms with Gasteiger partial charge in [-0.25, -0.2) is 9.97 Å². The molecule has 0 saturated carbocycles. The van der Waals surface area contributed by atoms with Gasteiger partial charge in [-0.15, -0.1) is 0 Å². The number of rotatable bonds is 6. The van der Waals surface area contributed by atoms with E-state index in [0.29, 0.717) is 16.2 Å². The van der Waals surface area contributed by atoms with Crippen molar-refractivity contribution in [2.75, 3.05) is 10.7 Å². The molecule has 0 bridgehead atoms. The van der Waals surface area contributed by atoms with Crippen molar-refractivity contribution in [1.82, 2.24) is 20.4 Å². The Morgan fingerprint density at radius 2 is 1.84 bits per heavy atom. The van der Waals surface area contributed by atoms with E-state index in [9.17, 15) is 14.9 Å². The van der Waals surface area contributed by atoms with Gasteiger partial charge < -0.3 is 5.32 Å². The van der Waals surface area contributed by atoms with Crippen LogP contribution in [0, 0.1) is 17.0 Å². The van der Waals surface area contributed by atoms with Crippen molar-refractivity contribution in [3.05, 3.63) is 87.3 Å². The number of aryl methyl sites for hydroxylation is 1. The molecular weight excluding hydrogens is 434 g/mol. The number of benzene rings is 2. The van der Waals surface area contributed by atoms with Crippen molar-refractivity contribution in [2.24, 2.45) is 0 Å². The third-order valence-corrected chi connectivity index (χ3v) is 4.73. The molecule has 0 unspecified atom stereocenters. The van der Waals surface area contributed by atoms with Crippen LogP contribution in [0.2, 0.25) is 5.02 Å². The van der Waals surface area contributed by atoms with Gasteiger partial charge in [0.15, 0.2) is 0 Å². The molecule has 0 aliphatic carbocycles. The molecule has 1 amide bonds. The second-order valence-corrected chi connectivity index (χ2v) is 7.16. The fraction of sp³-hybridized carbons (Fsp3) is 0.0476. The van der Waals surface area contributed by atoms with Crippen LogP contribution in [0.25, 0.3) is 10.9 Å². The van der Waals surface area contributed by atoms with Gasteiger partial charge in [0, 0.05) is 21.7 Å². The number of fused-ring (bicyclic) bond motifs is 1. The Hall–Kier alpha value is -4.31. The summed E-state index contributed by atoms with van der Waals surface area (Å²) in [5.74, 6) is -0.781. The van der Waals surface area contributed by atoms with Crippen molar-refractivity contribution in [3.63, 3.8) is 0 Å². The molecule has 2 heterocycles. The maximum absolute atomic E-state index is 12.3. The summed E-state index contributed by atoms with van der Waals surface area (Å²) in [5.41, 5.74) is 6.70. The Bertz CT molecular complexity index is 1350. The van der Waals surface area contributed by atoms with Crippen LogP contribution in [0.3, 0.4) is 0 Å². The normalized spacial score (nSPS) is 10.6. The summed E-state index contributed by atoms with van der Waals surface area (Å²) in [6, 6.07) is 15.5. The molecule has 2 aromatic heterocycles. The molecule has 0 radical (unpaired) electrons. The Kier molecular flexibility index (Phi) is 5.77. The molecule has 4 rings (SSSR count). The van der Waals surface area contributed by atoms with E-state index in [1.165, 1.54) is 6.07 Å². The molecular formula is C21H16ClN7O3. The van der Waals surface area contributed by atoms with Gasteiger partial charge in [-0.3, -0.25) is 30.7 Å². The van der Waals surface area contributed by atoms with Crippen molar-refractivity contribution >= 4 is 51.4 Å². The van der Waals surface area contributed by atoms with Gasteiger partial charge in [0.25, 0.3) is 5.91 Å². The Morgan fingerprint density at radius 1 is 1.06 bits per heavy atom. The lowest BCUT2D eigenvalue weighted by atomic mass is 10.1. The number of anilines is 3.